The lowest BCUT2D eigenvalue weighted by Crippen LogP contribution is -2.42. The van der Waals surface area contributed by atoms with E-state index in [0.29, 0.717) is 12.5 Å². The maximum Gasteiger partial charge on any atom is 0.409 e. The molecular formula is C10H20N2O2. The highest BCUT2D eigenvalue weighted by Crippen LogP contribution is 2.16. The lowest BCUT2D eigenvalue weighted by molar-refractivity contribution is 0.0885. The van der Waals surface area contributed by atoms with E-state index in [-0.39, 0.29) is 6.09 Å². The summed E-state index contributed by atoms with van der Waals surface area (Å²) < 4.78 is 4.97. The number of rotatable bonds is 3. The van der Waals surface area contributed by atoms with Gasteiger partial charge in [0.15, 0.2) is 0 Å². The highest BCUT2D eigenvalue weighted by Gasteiger charge is 2.23. The molecule has 1 fully saturated rings. The molecule has 4 heteroatoms. The van der Waals surface area contributed by atoms with Crippen molar-refractivity contribution in [3.05, 3.63) is 0 Å². The maximum absolute atomic E-state index is 11.4. The highest BCUT2D eigenvalue weighted by atomic mass is 16.6. The second-order valence-corrected chi connectivity index (χ2v) is 3.71. The quantitative estimate of drug-likeness (QED) is 0.741. The number of nitrogens with zero attached hydrogens (tertiary/aromatic N) is 1. The fourth-order valence-corrected chi connectivity index (χ4v) is 1.90. The lowest BCUT2D eigenvalue weighted by atomic mass is 9.98. The molecule has 0 aromatic carbocycles. The monoisotopic (exact) mass is 200 g/mol. The van der Waals surface area contributed by atoms with Crippen LogP contribution in [0.4, 0.5) is 4.79 Å². The van der Waals surface area contributed by atoms with Crippen LogP contribution in [-0.4, -0.2) is 44.3 Å². The van der Waals surface area contributed by atoms with Gasteiger partial charge in [0, 0.05) is 13.1 Å². The van der Waals surface area contributed by atoms with Crippen LogP contribution in [0.5, 0.6) is 0 Å². The Morgan fingerprint density at radius 1 is 1.64 bits per heavy atom. The molecule has 1 heterocycles. The fraction of sp³-hybridized carbons (Fsp3) is 0.900. The second kappa shape index (κ2) is 5.86. The van der Waals surface area contributed by atoms with Crippen LogP contribution in [0.15, 0.2) is 0 Å². The molecule has 0 unspecified atom stereocenters. The van der Waals surface area contributed by atoms with Crippen LogP contribution in [0.3, 0.4) is 0 Å². The van der Waals surface area contributed by atoms with Crippen molar-refractivity contribution in [3.8, 4) is 0 Å². The normalized spacial score (nSPS) is 22.1. The average Bonchev–Trinajstić information content (AvgIpc) is 2.19. The van der Waals surface area contributed by atoms with Crippen molar-refractivity contribution < 1.29 is 9.53 Å². The van der Waals surface area contributed by atoms with Crippen LogP contribution in [-0.2, 0) is 4.74 Å². The molecule has 1 rings (SSSR count). The number of hydrogen-bond donors (Lipinski definition) is 1. The van der Waals surface area contributed by atoms with Crippen molar-refractivity contribution in [1.29, 1.82) is 0 Å². The van der Waals surface area contributed by atoms with E-state index in [9.17, 15) is 4.79 Å². The minimum absolute atomic E-state index is 0.159. The van der Waals surface area contributed by atoms with E-state index in [2.05, 4.69) is 5.32 Å². The summed E-state index contributed by atoms with van der Waals surface area (Å²) in [7, 11) is 1.95. The van der Waals surface area contributed by atoms with Crippen LogP contribution in [0.1, 0.15) is 19.8 Å². The molecule has 1 aliphatic rings. The Morgan fingerprint density at radius 3 is 3.07 bits per heavy atom. The Labute approximate surface area is 85.6 Å². The van der Waals surface area contributed by atoms with Crippen LogP contribution in [0.2, 0.25) is 0 Å². The number of likely N-dealkylation sites (tertiary alicyclic amines) is 1. The van der Waals surface area contributed by atoms with E-state index in [1.54, 1.807) is 0 Å². The Kier molecular flexibility index (Phi) is 4.73. The summed E-state index contributed by atoms with van der Waals surface area (Å²) in [5.41, 5.74) is 0. The molecule has 82 valence electrons. The van der Waals surface area contributed by atoms with Crippen LogP contribution in [0.25, 0.3) is 0 Å². The van der Waals surface area contributed by atoms with Crippen molar-refractivity contribution in [2.24, 2.45) is 5.92 Å². The topological polar surface area (TPSA) is 41.6 Å². The molecule has 0 aliphatic carbocycles. The zero-order valence-corrected chi connectivity index (χ0v) is 9.08. The molecule has 0 aromatic heterocycles. The SMILES string of the molecule is CCOC(=O)N1CCC[C@@H](CNC)C1. The van der Waals surface area contributed by atoms with Crippen molar-refractivity contribution in [2.75, 3.05) is 33.3 Å². The summed E-state index contributed by atoms with van der Waals surface area (Å²) in [5.74, 6) is 0.582. The van der Waals surface area contributed by atoms with Gasteiger partial charge in [0.05, 0.1) is 6.61 Å². The minimum Gasteiger partial charge on any atom is -0.450 e. The van der Waals surface area contributed by atoms with Gasteiger partial charge in [-0.3, -0.25) is 0 Å². The maximum atomic E-state index is 11.4. The lowest BCUT2D eigenvalue weighted by Gasteiger charge is -2.31. The Balaban J connectivity index is 2.35. The molecule has 0 saturated carbocycles. The van der Waals surface area contributed by atoms with Gasteiger partial charge in [-0.1, -0.05) is 0 Å². The average molecular weight is 200 g/mol. The van der Waals surface area contributed by atoms with Crippen LogP contribution >= 0.6 is 0 Å². The summed E-state index contributed by atoms with van der Waals surface area (Å²) in [6.07, 6.45) is 2.13. The number of ether oxygens (including phenoxy) is 1. The zero-order valence-electron chi connectivity index (χ0n) is 9.08. The van der Waals surface area contributed by atoms with Gasteiger partial charge in [-0.15, -0.1) is 0 Å². The predicted molar refractivity (Wildman–Crippen MR) is 55.2 cm³/mol. The first-order chi connectivity index (χ1) is 6.77. The summed E-state index contributed by atoms with van der Waals surface area (Å²) in [5, 5.41) is 3.15. The number of nitrogens with one attached hydrogen (secondary N) is 1. The van der Waals surface area contributed by atoms with Gasteiger partial charge in [-0.25, -0.2) is 4.79 Å². The summed E-state index contributed by atoms with van der Waals surface area (Å²) in [6, 6.07) is 0. The largest absolute Gasteiger partial charge is 0.450 e. The smallest absolute Gasteiger partial charge is 0.409 e. The second-order valence-electron chi connectivity index (χ2n) is 3.71. The molecule has 0 aromatic rings. The van der Waals surface area contributed by atoms with Crippen molar-refractivity contribution in [1.82, 2.24) is 10.2 Å². The molecule has 0 bridgehead atoms. The summed E-state index contributed by atoms with van der Waals surface area (Å²) in [4.78, 5) is 13.2. The van der Waals surface area contributed by atoms with E-state index in [1.165, 1.54) is 6.42 Å². The van der Waals surface area contributed by atoms with Crippen molar-refractivity contribution in [3.63, 3.8) is 0 Å². The molecule has 4 nitrogen and oxygen atoms in total. The molecule has 14 heavy (non-hydrogen) atoms. The van der Waals surface area contributed by atoms with Crippen LogP contribution in [0, 0.1) is 5.92 Å². The third-order valence-electron chi connectivity index (χ3n) is 2.54. The van der Waals surface area contributed by atoms with E-state index in [1.807, 2.05) is 18.9 Å². The van der Waals surface area contributed by atoms with Crippen molar-refractivity contribution in [2.45, 2.75) is 19.8 Å². The van der Waals surface area contributed by atoms with Crippen molar-refractivity contribution >= 4 is 6.09 Å². The minimum atomic E-state index is -0.159. The molecule has 1 aliphatic heterocycles. The van der Waals surface area contributed by atoms with E-state index in [0.717, 1.165) is 26.1 Å². The predicted octanol–water partition coefficient (Wildman–Crippen LogP) is 1.07. The summed E-state index contributed by atoms with van der Waals surface area (Å²) >= 11 is 0. The number of carbonyl (C=O) groups excluding carboxylic acids is 1. The van der Waals surface area contributed by atoms with E-state index in [4.69, 9.17) is 4.74 Å². The van der Waals surface area contributed by atoms with Gasteiger partial charge < -0.3 is 15.0 Å². The first-order valence-electron chi connectivity index (χ1n) is 5.34. The van der Waals surface area contributed by atoms with E-state index < -0.39 is 0 Å². The highest BCUT2D eigenvalue weighted by molar-refractivity contribution is 5.67. The number of hydrogen-bond acceptors (Lipinski definition) is 3. The Morgan fingerprint density at radius 2 is 2.43 bits per heavy atom. The molecule has 1 amide bonds. The van der Waals surface area contributed by atoms with Crippen LogP contribution < -0.4 is 5.32 Å². The van der Waals surface area contributed by atoms with Gasteiger partial charge in [-0.2, -0.15) is 0 Å². The van der Waals surface area contributed by atoms with Gasteiger partial charge in [0.1, 0.15) is 0 Å². The standard InChI is InChI=1S/C10H20N2O2/c1-3-14-10(13)12-6-4-5-9(8-12)7-11-2/h9,11H,3-8H2,1-2H3/t9-/m0/s1. The Bertz CT molecular complexity index is 183. The number of amides is 1. The van der Waals surface area contributed by atoms with Gasteiger partial charge in [-0.05, 0) is 39.3 Å². The molecule has 0 radical (unpaired) electrons. The third kappa shape index (κ3) is 3.18. The van der Waals surface area contributed by atoms with Gasteiger partial charge in [0.25, 0.3) is 0 Å². The molecule has 1 N–H and O–H groups in total. The molecule has 1 saturated heterocycles. The first-order valence-corrected chi connectivity index (χ1v) is 5.34. The fourth-order valence-electron chi connectivity index (χ4n) is 1.90. The first kappa shape index (κ1) is 11.3. The molecule has 0 spiro atoms. The summed E-state index contributed by atoms with van der Waals surface area (Å²) in [6.45, 7) is 4.97. The molecule has 1 atom stereocenters. The number of carbonyl (C=O) groups is 1. The number of piperidine rings is 1. The van der Waals surface area contributed by atoms with Gasteiger partial charge >= 0.3 is 6.09 Å². The zero-order chi connectivity index (χ0) is 10.4. The molecular weight excluding hydrogens is 180 g/mol. The van der Waals surface area contributed by atoms with E-state index >= 15 is 0 Å². The Hall–Kier alpha value is -0.770. The third-order valence-corrected chi connectivity index (χ3v) is 2.54. The van der Waals surface area contributed by atoms with Gasteiger partial charge in [0.2, 0.25) is 0 Å².